The van der Waals surface area contributed by atoms with E-state index in [1.54, 1.807) is 11.8 Å². The molecule has 3 rings (SSSR count). The summed E-state index contributed by atoms with van der Waals surface area (Å²) in [7, 11) is -0.717. The maximum atomic E-state index is 12.1. The number of nitrogens with zero attached hydrogens (tertiary/aromatic N) is 1. The molecule has 3 aliphatic heterocycles. The zero-order valence-corrected chi connectivity index (χ0v) is 14.6. The van der Waals surface area contributed by atoms with E-state index in [2.05, 4.69) is 0 Å². The smallest absolute Gasteiger partial charge is 0.333 e. The lowest BCUT2D eigenvalue weighted by Crippen LogP contribution is -2.60. The predicted octanol–water partition coefficient (Wildman–Crippen LogP) is 0.370. The molecule has 4 atom stereocenters. The molecule has 1 unspecified atom stereocenters. The first kappa shape index (κ1) is 16.6. The third kappa shape index (κ3) is 3.18. The van der Waals surface area contributed by atoms with Gasteiger partial charge in [-0.3, -0.25) is 9.00 Å². The summed E-state index contributed by atoms with van der Waals surface area (Å²) >= 11 is 2.58. The van der Waals surface area contributed by atoms with Gasteiger partial charge in [0.1, 0.15) is 5.25 Å². The molecule has 3 saturated heterocycles. The predicted molar refractivity (Wildman–Crippen MR) is 86.6 cm³/mol. The second-order valence-corrected chi connectivity index (χ2v) is 9.86. The number of β-lactam (4-membered cyclic amide) rings is 1. The zero-order valence-electron chi connectivity index (χ0n) is 12.2. The molecule has 0 saturated carbocycles. The summed E-state index contributed by atoms with van der Waals surface area (Å²) in [6.45, 7) is 1.97. The molecule has 0 radical (unpaired) electrons. The van der Waals surface area contributed by atoms with Gasteiger partial charge in [-0.05, 0) is 19.8 Å². The minimum Gasteiger partial charge on any atom is -0.392 e. The summed E-state index contributed by atoms with van der Waals surface area (Å²) in [5, 5.41) is 9.35. The van der Waals surface area contributed by atoms with Gasteiger partial charge in [0.25, 0.3) is 0 Å². The fourth-order valence-corrected chi connectivity index (χ4v) is 6.93. The Bertz CT molecular complexity index is 490. The molecule has 0 spiro atoms. The Morgan fingerprint density at radius 2 is 2.18 bits per heavy atom. The zero-order chi connectivity index (χ0) is 15.9. The van der Waals surface area contributed by atoms with Crippen LogP contribution in [-0.2, 0) is 24.6 Å². The largest absolute Gasteiger partial charge is 0.392 e. The van der Waals surface area contributed by atoms with E-state index in [0.717, 1.165) is 12.8 Å². The number of hydrogen-bond acceptors (Lipinski definition) is 7. The van der Waals surface area contributed by atoms with Gasteiger partial charge in [0.2, 0.25) is 5.91 Å². The summed E-state index contributed by atoms with van der Waals surface area (Å²) in [6.07, 6.45) is 0.924. The van der Waals surface area contributed by atoms with Crippen molar-refractivity contribution in [2.24, 2.45) is 5.92 Å². The fraction of sp³-hybridized carbons (Fsp3) is 0.846. The van der Waals surface area contributed by atoms with Gasteiger partial charge in [0.05, 0.1) is 29.4 Å². The molecule has 0 bridgehead atoms. The van der Waals surface area contributed by atoms with Gasteiger partial charge in [-0.1, -0.05) is 0 Å². The highest BCUT2D eigenvalue weighted by molar-refractivity contribution is 8.01. The number of thioether (sulfide) groups is 1. The van der Waals surface area contributed by atoms with Crippen LogP contribution in [0.15, 0.2) is 0 Å². The molecule has 22 heavy (non-hydrogen) atoms. The third-order valence-electron chi connectivity index (χ3n) is 4.23. The second kappa shape index (κ2) is 6.70. The standard InChI is InChI=1S/C13H19NO5S3/c1-7(15)10-11(16)14-6-9(20-12(10)14)13(17)19-21-8-2-4-22(18)5-3-8/h7-10,12,15H,2-6H2,1H3/t7-,8?,9?,10+,12-,22?/m1/s1. The minimum absolute atomic E-state index is 0.0785. The van der Waals surface area contributed by atoms with Gasteiger partial charge in [0.15, 0.2) is 0 Å². The number of fused-ring (bicyclic) bond motifs is 1. The average Bonchev–Trinajstić information content (AvgIpc) is 2.85. The number of carbonyl (C=O) groups is 2. The maximum absolute atomic E-state index is 12.1. The summed E-state index contributed by atoms with van der Waals surface area (Å²) in [6, 6.07) is 0. The first-order chi connectivity index (χ1) is 10.5. The molecule has 0 aromatic rings. The van der Waals surface area contributed by atoms with Crippen LogP contribution < -0.4 is 0 Å². The monoisotopic (exact) mass is 365 g/mol. The first-order valence-corrected chi connectivity index (χ1v) is 10.6. The van der Waals surface area contributed by atoms with E-state index < -0.39 is 22.8 Å². The molecule has 6 nitrogen and oxygen atoms in total. The number of amides is 1. The summed E-state index contributed by atoms with van der Waals surface area (Å²) in [5.74, 6) is 0.559. The Kier molecular flexibility index (Phi) is 5.06. The van der Waals surface area contributed by atoms with Gasteiger partial charge >= 0.3 is 5.97 Å². The fourth-order valence-electron chi connectivity index (χ4n) is 2.90. The van der Waals surface area contributed by atoms with Crippen molar-refractivity contribution in [3.8, 4) is 0 Å². The Labute approximate surface area is 140 Å². The van der Waals surface area contributed by atoms with Crippen molar-refractivity contribution in [1.82, 2.24) is 4.90 Å². The molecule has 1 N–H and O–H groups in total. The maximum Gasteiger partial charge on any atom is 0.333 e. The quantitative estimate of drug-likeness (QED) is 0.569. The number of carbonyl (C=O) groups excluding carboxylic acids is 2. The molecule has 124 valence electrons. The van der Waals surface area contributed by atoms with Crippen LogP contribution in [-0.4, -0.2) is 66.1 Å². The molecular formula is C13H19NO5S3. The number of hydrogen-bond donors (Lipinski definition) is 1. The second-order valence-electron chi connectivity index (χ2n) is 5.82. The van der Waals surface area contributed by atoms with E-state index in [-0.39, 0.29) is 27.8 Å². The van der Waals surface area contributed by atoms with Gasteiger partial charge in [-0.2, -0.15) is 0 Å². The molecular weight excluding hydrogens is 346 g/mol. The van der Waals surface area contributed by atoms with E-state index in [1.165, 1.54) is 23.8 Å². The summed E-state index contributed by atoms with van der Waals surface area (Å²) < 4.78 is 16.6. The normalized spacial score (nSPS) is 39.1. The van der Waals surface area contributed by atoms with Crippen LogP contribution in [0.2, 0.25) is 0 Å². The number of rotatable bonds is 4. The molecule has 0 aromatic heterocycles. The molecule has 9 heteroatoms. The molecule has 3 heterocycles. The highest BCUT2D eigenvalue weighted by Gasteiger charge is 2.56. The third-order valence-corrected chi connectivity index (χ3v) is 8.12. The van der Waals surface area contributed by atoms with E-state index in [4.69, 9.17) is 4.18 Å². The lowest BCUT2D eigenvalue weighted by atomic mass is 9.93. The van der Waals surface area contributed by atoms with Crippen LogP contribution in [0.3, 0.4) is 0 Å². The van der Waals surface area contributed by atoms with Crippen molar-refractivity contribution < 1.29 is 23.1 Å². The first-order valence-electron chi connectivity index (χ1n) is 7.33. The van der Waals surface area contributed by atoms with Crippen molar-refractivity contribution in [3.63, 3.8) is 0 Å². The van der Waals surface area contributed by atoms with Crippen LogP contribution in [0, 0.1) is 5.92 Å². The van der Waals surface area contributed by atoms with E-state index >= 15 is 0 Å². The van der Waals surface area contributed by atoms with Crippen LogP contribution in [0.25, 0.3) is 0 Å². The van der Waals surface area contributed by atoms with Crippen molar-refractivity contribution in [2.75, 3.05) is 18.1 Å². The van der Waals surface area contributed by atoms with E-state index in [0.29, 0.717) is 18.1 Å². The van der Waals surface area contributed by atoms with Gasteiger partial charge < -0.3 is 14.2 Å². The van der Waals surface area contributed by atoms with Crippen LogP contribution in [0.1, 0.15) is 19.8 Å². The Morgan fingerprint density at radius 3 is 2.82 bits per heavy atom. The van der Waals surface area contributed by atoms with Crippen molar-refractivity contribution in [3.05, 3.63) is 0 Å². The lowest BCUT2D eigenvalue weighted by Gasteiger charge is -2.42. The topological polar surface area (TPSA) is 83.9 Å². The summed E-state index contributed by atoms with van der Waals surface area (Å²) in [4.78, 5) is 25.6. The SMILES string of the molecule is C[C@@H](O)[C@H]1C(=O)N2CC(C(=O)OSC3CCS(=O)CC3)S[C@H]12. The van der Waals surface area contributed by atoms with Crippen molar-refractivity contribution in [1.29, 1.82) is 0 Å². The molecule has 0 aromatic carbocycles. The highest BCUT2D eigenvalue weighted by Crippen LogP contribution is 2.45. The highest BCUT2D eigenvalue weighted by atomic mass is 32.2. The van der Waals surface area contributed by atoms with Crippen molar-refractivity contribution in [2.45, 2.75) is 41.7 Å². The average molecular weight is 365 g/mol. The lowest BCUT2D eigenvalue weighted by molar-refractivity contribution is -0.155. The molecule has 0 aliphatic carbocycles. The molecule has 1 amide bonds. The van der Waals surface area contributed by atoms with Gasteiger partial charge in [-0.25, -0.2) is 4.79 Å². The Morgan fingerprint density at radius 1 is 1.50 bits per heavy atom. The van der Waals surface area contributed by atoms with Gasteiger partial charge in [-0.15, -0.1) is 11.8 Å². The Hall–Kier alpha value is -0.250. The van der Waals surface area contributed by atoms with Crippen LogP contribution in [0.5, 0.6) is 0 Å². The molecule has 3 fully saturated rings. The van der Waals surface area contributed by atoms with E-state index in [1.807, 2.05) is 0 Å². The van der Waals surface area contributed by atoms with Gasteiger partial charge in [0, 0.05) is 34.1 Å². The summed E-state index contributed by atoms with van der Waals surface area (Å²) in [5.41, 5.74) is 0. The molecule has 3 aliphatic rings. The van der Waals surface area contributed by atoms with E-state index in [9.17, 15) is 18.9 Å². The van der Waals surface area contributed by atoms with Crippen molar-refractivity contribution >= 4 is 46.5 Å². The van der Waals surface area contributed by atoms with Crippen LogP contribution >= 0.6 is 23.8 Å². The minimum atomic E-state index is -0.717. The number of aliphatic hydroxyl groups excluding tert-OH is 1. The number of aliphatic hydroxyl groups is 1. The Balaban J connectivity index is 1.46. The van der Waals surface area contributed by atoms with Crippen LogP contribution in [0.4, 0.5) is 0 Å².